The lowest BCUT2D eigenvalue weighted by Gasteiger charge is -2.09. The largest absolute Gasteiger partial charge is 0.497 e. The van der Waals surface area contributed by atoms with E-state index in [-0.39, 0.29) is 11.6 Å². The monoisotopic (exact) mass is 455 g/mol. The van der Waals surface area contributed by atoms with Crippen LogP contribution in [0.5, 0.6) is 5.75 Å². The number of hydrogen-bond acceptors (Lipinski definition) is 5. The van der Waals surface area contributed by atoms with E-state index in [0.717, 1.165) is 11.3 Å². The molecule has 5 nitrogen and oxygen atoms in total. The van der Waals surface area contributed by atoms with Gasteiger partial charge in [-0.1, -0.05) is 6.07 Å². The summed E-state index contributed by atoms with van der Waals surface area (Å²) in [5, 5.41) is 11.6. The van der Waals surface area contributed by atoms with Crippen LogP contribution in [0.4, 0.5) is 8.78 Å². The number of hydrogen-bond donors (Lipinski definition) is 2. The van der Waals surface area contributed by atoms with Crippen molar-refractivity contribution in [3.63, 3.8) is 0 Å². The maximum absolute atomic E-state index is 14.9. The Labute approximate surface area is 189 Å². The van der Waals surface area contributed by atoms with Crippen molar-refractivity contribution in [1.29, 1.82) is 5.26 Å². The zero-order valence-electron chi connectivity index (χ0n) is 17.5. The molecule has 1 unspecified atom stereocenters. The maximum atomic E-state index is 14.9. The number of amides is 1. The number of carbonyl (C=O) groups excluding carboxylic acids is 1. The molecule has 8 heteroatoms. The quantitative estimate of drug-likeness (QED) is 0.344. The van der Waals surface area contributed by atoms with Crippen LogP contribution in [0.1, 0.15) is 23.3 Å². The van der Waals surface area contributed by atoms with Gasteiger partial charge in [0.1, 0.15) is 23.5 Å². The molecule has 0 saturated heterocycles. The maximum Gasteiger partial charge on any atom is 0.207 e. The second kappa shape index (κ2) is 10.8. The Hall–Kier alpha value is -3.28. The van der Waals surface area contributed by atoms with E-state index in [1.165, 1.54) is 36.6 Å². The molecule has 3 N–H and O–H groups in total. The molecule has 1 atom stereocenters. The van der Waals surface area contributed by atoms with Gasteiger partial charge in [0.15, 0.2) is 0 Å². The number of nitrogens with one attached hydrogen (secondary N) is 1. The van der Waals surface area contributed by atoms with Gasteiger partial charge in [0, 0.05) is 39.5 Å². The zero-order valence-corrected chi connectivity index (χ0v) is 18.3. The summed E-state index contributed by atoms with van der Waals surface area (Å²) in [6.07, 6.45) is 2.68. The lowest BCUT2D eigenvalue weighted by Crippen LogP contribution is -2.24. The van der Waals surface area contributed by atoms with Gasteiger partial charge in [-0.2, -0.15) is 5.26 Å². The highest BCUT2D eigenvalue weighted by atomic mass is 32.1. The molecule has 0 aliphatic carbocycles. The van der Waals surface area contributed by atoms with Crippen LogP contribution in [0.3, 0.4) is 0 Å². The van der Waals surface area contributed by atoms with Crippen molar-refractivity contribution in [2.24, 2.45) is 5.73 Å². The number of methoxy groups -OCH3 is 1. The van der Waals surface area contributed by atoms with E-state index in [2.05, 4.69) is 5.32 Å². The summed E-state index contributed by atoms with van der Waals surface area (Å²) in [4.78, 5) is 11.9. The molecule has 0 spiro atoms. The summed E-state index contributed by atoms with van der Waals surface area (Å²) in [5.74, 6) is -0.671. The molecule has 0 aliphatic heterocycles. The van der Waals surface area contributed by atoms with Crippen LogP contribution in [0, 0.1) is 23.0 Å². The smallest absolute Gasteiger partial charge is 0.207 e. The number of halogens is 2. The highest BCUT2D eigenvalue weighted by Gasteiger charge is 2.19. The van der Waals surface area contributed by atoms with Gasteiger partial charge in [-0.3, -0.25) is 4.79 Å². The fourth-order valence-electron chi connectivity index (χ4n) is 3.42. The minimum absolute atomic E-state index is 0.0488. The van der Waals surface area contributed by atoms with E-state index in [1.54, 1.807) is 18.2 Å². The van der Waals surface area contributed by atoms with Crippen molar-refractivity contribution in [2.45, 2.75) is 25.3 Å². The lowest BCUT2D eigenvalue weighted by atomic mass is 9.99. The first kappa shape index (κ1) is 23.4. The fraction of sp³-hybridized carbons (Fsp3) is 0.250. The molecule has 3 rings (SSSR count). The molecule has 1 aromatic heterocycles. The number of rotatable bonds is 10. The molecular formula is C24H23F2N3O2S. The molecule has 1 amide bonds. The van der Waals surface area contributed by atoms with E-state index < -0.39 is 11.6 Å². The minimum atomic E-state index is -0.627. The second-order valence-electron chi connectivity index (χ2n) is 7.29. The molecule has 0 saturated carbocycles. The van der Waals surface area contributed by atoms with Crippen LogP contribution in [-0.2, 0) is 11.2 Å². The van der Waals surface area contributed by atoms with E-state index >= 15 is 0 Å². The number of benzene rings is 2. The van der Waals surface area contributed by atoms with Gasteiger partial charge in [-0.25, -0.2) is 8.78 Å². The summed E-state index contributed by atoms with van der Waals surface area (Å²) in [5.41, 5.74) is 7.82. The molecule has 32 heavy (non-hydrogen) atoms. The Morgan fingerprint density at radius 3 is 2.66 bits per heavy atom. The van der Waals surface area contributed by atoms with Crippen LogP contribution in [-0.4, -0.2) is 26.1 Å². The van der Waals surface area contributed by atoms with Crippen molar-refractivity contribution in [3.05, 3.63) is 64.5 Å². The summed E-state index contributed by atoms with van der Waals surface area (Å²) >= 11 is 1.40. The van der Waals surface area contributed by atoms with Gasteiger partial charge >= 0.3 is 0 Å². The van der Waals surface area contributed by atoms with Gasteiger partial charge in [-0.15, -0.1) is 11.3 Å². The topological polar surface area (TPSA) is 88.1 Å². The van der Waals surface area contributed by atoms with Crippen molar-refractivity contribution in [1.82, 2.24) is 5.32 Å². The molecule has 2 aromatic carbocycles. The van der Waals surface area contributed by atoms with Gasteiger partial charge in [0.25, 0.3) is 0 Å². The van der Waals surface area contributed by atoms with Crippen LogP contribution in [0.2, 0.25) is 0 Å². The van der Waals surface area contributed by atoms with Gasteiger partial charge < -0.3 is 15.8 Å². The highest BCUT2D eigenvalue weighted by Crippen LogP contribution is 2.42. The van der Waals surface area contributed by atoms with Crippen molar-refractivity contribution in [2.75, 3.05) is 13.7 Å². The van der Waals surface area contributed by atoms with E-state index in [9.17, 15) is 13.6 Å². The van der Waals surface area contributed by atoms with Gasteiger partial charge in [0.05, 0.1) is 12.7 Å². The third-order valence-electron chi connectivity index (χ3n) is 5.05. The fourth-order valence-corrected chi connectivity index (χ4v) is 4.72. The number of nitrogens with two attached hydrogens (primary N) is 1. The molecule has 0 aliphatic rings. The summed E-state index contributed by atoms with van der Waals surface area (Å²) in [6.45, 7) is 0.555. The minimum Gasteiger partial charge on any atom is -0.497 e. The summed E-state index contributed by atoms with van der Waals surface area (Å²) in [7, 11) is 1.47. The van der Waals surface area contributed by atoms with Crippen molar-refractivity contribution >= 4 is 17.7 Å². The Kier molecular flexibility index (Phi) is 7.92. The lowest BCUT2D eigenvalue weighted by molar-refractivity contribution is -0.109. The molecule has 0 bridgehead atoms. The average molecular weight is 456 g/mol. The summed E-state index contributed by atoms with van der Waals surface area (Å²) in [6, 6.07) is 12.6. The Balaban J connectivity index is 1.98. The molecule has 0 fully saturated rings. The Bertz CT molecular complexity index is 1140. The Morgan fingerprint density at radius 1 is 1.19 bits per heavy atom. The first-order valence-corrected chi connectivity index (χ1v) is 10.9. The second-order valence-corrected chi connectivity index (χ2v) is 8.42. The molecule has 1 heterocycles. The SMILES string of the molecule is COc1ccc(-c2sc(CC(N)CCCNC=O)cc2-c2ccc(C#N)c(F)c2)c(F)c1. The van der Waals surface area contributed by atoms with Crippen LogP contribution >= 0.6 is 11.3 Å². The number of nitriles is 1. The van der Waals surface area contributed by atoms with E-state index in [4.69, 9.17) is 15.7 Å². The number of carbonyl (C=O) groups is 1. The molecular weight excluding hydrogens is 432 g/mol. The van der Waals surface area contributed by atoms with Gasteiger partial charge in [-0.05, 0) is 55.2 Å². The van der Waals surface area contributed by atoms with Crippen molar-refractivity contribution in [3.8, 4) is 33.4 Å². The normalized spacial score (nSPS) is 11.6. The standard InChI is InChI=1S/C24H23F2N3O2S/c1-31-18-6-7-20(23(26)11-18)24-21(15-4-5-16(13-27)22(25)9-15)12-19(32-24)10-17(28)3-2-8-29-14-30/h4-7,9,11-12,14,17H,2-3,8,10,28H2,1H3,(H,29,30). The predicted molar refractivity (Wildman–Crippen MR) is 121 cm³/mol. The first-order valence-electron chi connectivity index (χ1n) is 10.1. The third-order valence-corrected chi connectivity index (χ3v) is 6.24. The van der Waals surface area contributed by atoms with Crippen molar-refractivity contribution < 1.29 is 18.3 Å². The predicted octanol–water partition coefficient (Wildman–Crippen LogP) is 4.64. The van der Waals surface area contributed by atoms with Gasteiger partial charge in [0.2, 0.25) is 6.41 Å². The van der Waals surface area contributed by atoms with Crippen LogP contribution < -0.4 is 15.8 Å². The molecule has 3 aromatic rings. The van der Waals surface area contributed by atoms with E-state index in [0.29, 0.717) is 53.1 Å². The molecule has 0 radical (unpaired) electrons. The number of ether oxygens (including phenoxy) is 1. The highest BCUT2D eigenvalue weighted by molar-refractivity contribution is 7.16. The Morgan fingerprint density at radius 2 is 2.00 bits per heavy atom. The first-order chi connectivity index (χ1) is 15.5. The average Bonchev–Trinajstić information content (AvgIpc) is 3.19. The zero-order chi connectivity index (χ0) is 23.1. The van der Waals surface area contributed by atoms with Crippen LogP contribution in [0.15, 0.2) is 42.5 Å². The number of thiophene rings is 1. The third kappa shape index (κ3) is 5.49. The van der Waals surface area contributed by atoms with E-state index in [1.807, 2.05) is 12.1 Å². The molecule has 166 valence electrons. The number of nitrogens with zero attached hydrogens (tertiary/aromatic N) is 1. The van der Waals surface area contributed by atoms with Crippen LogP contribution in [0.25, 0.3) is 21.6 Å². The summed E-state index contributed by atoms with van der Waals surface area (Å²) < 4.78 is 34.3.